The number of β-lactam (4-membered cyclic amide) rings is 1. The van der Waals surface area contributed by atoms with Gasteiger partial charge in [-0.15, -0.1) is 0 Å². The fourth-order valence-electron chi connectivity index (χ4n) is 3.56. The zero-order valence-corrected chi connectivity index (χ0v) is 12.0. The van der Waals surface area contributed by atoms with Gasteiger partial charge in [-0.3, -0.25) is 4.79 Å². The van der Waals surface area contributed by atoms with Crippen molar-refractivity contribution in [2.75, 3.05) is 6.54 Å². The summed E-state index contributed by atoms with van der Waals surface area (Å²) in [6.07, 6.45) is 5.75. The summed E-state index contributed by atoms with van der Waals surface area (Å²) in [6, 6.07) is 0.0730. The maximum Gasteiger partial charge on any atom is 0.352 e. The summed E-state index contributed by atoms with van der Waals surface area (Å²) in [5.74, 6) is -1.83. The van der Waals surface area contributed by atoms with Gasteiger partial charge in [0.25, 0.3) is 0 Å². The van der Waals surface area contributed by atoms with Gasteiger partial charge in [0.2, 0.25) is 5.91 Å². The molecule has 0 unspecified atom stereocenters. The summed E-state index contributed by atoms with van der Waals surface area (Å²) in [5.41, 5.74) is 0.758. The number of carboxylic acids is 1. The lowest BCUT2D eigenvalue weighted by Crippen LogP contribution is -2.61. The lowest BCUT2D eigenvalue weighted by Gasteiger charge is -2.44. The Balaban J connectivity index is 1.82. The van der Waals surface area contributed by atoms with E-state index in [1.54, 1.807) is 6.92 Å². The van der Waals surface area contributed by atoms with Gasteiger partial charge in [-0.1, -0.05) is 12.2 Å². The van der Waals surface area contributed by atoms with Crippen molar-refractivity contribution in [1.29, 1.82) is 0 Å². The molecule has 6 heteroatoms. The number of allylic oxidation sites excluding steroid dienone is 1. The number of carboxylic acid groups (broad SMARTS) is 1. The van der Waals surface area contributed by atoms with Crippen molar-refractivity contribution in [2.24, 2.45) is 5.92 Å². The van der Waals surface area contributed by atoms with Crippen LogP contribution in [0.3, 0.4) is 0 Å². The van der Waals surface area contributed by atoms with Crippen molar-refractivity contribution >= 4 is 11.9 Å². The van der Waals surface area contributed by atoms with E-state index >= 15 is 0 Å². The zero-order chi connectivity index (χ0) is 15.1. The quantitative estimate of drug-likeness (QED) is 0.646. The molecule has 0 aliphatic carbocycles. The van der Waals surface area contributed by atoms with Crippen molar-refractivity contribution in [3.05, 3.63) is 23.4 Å². The molecule has 0 aromatic rings. The van der Waals surface area contributed by atoms with Gasteiger partial charge >= 0.3 is 5.97 Å². The van der Waals surface area contributed by atoms with Crippen molar-refractivity contribution < 1.29 is 19.8 Å². The van der Waals surface area contributed by atoms with Gasteiger partial charge in [0.15, 0.2) is 0 Å². The summed E-state index contributed by atoms with van der Waals surface area (Å²) in [5, 5.41) is 22.4. The van der Waals surface area contributed by atoms with Crippen LogP contribution >= 0.6 is 0 Å². The van der Waals surface area contributed by atoms with E-state index < -0.39 is 18.0 Å². The highest BCUT2D eigenvalue weighted by Crippen LogP contribution is 2.44. The van der Waals surface area contributed by atoms with E-state index in [0.29, 0.717) is 12.0 Å². The largest absolute Gasteiger partial charge is 0.477 e. The Morgan fingerprint density at radius 2 is 2.29 bits per heavy atom. The Labute approximate surface area is 123 Å². The van der Waals surface area contributed by atoms with Crippen LogP contribution in [0.4, 0.5) is 0 Å². The fraction of sp³-hybridized carbons (Fsp3) is 0.600. The third-order valence-corrected chi connectivity index (χ3v) is 4.59. The van der Waals surface area contributed by atoms with Gasteiger partial charge in [0.05, 0.1) is 18.1 Å². The highest BCUT2D eigenvalue weighted by atomic mass is 16.4. The topological polar surface area (TPSA) is 89.9 Å². The first-order valence-corrected chi connectivity index (χ1v) is 7.40. The maximum absolute atomic E-state index is 12.0. The van der Waals surface area contributed by atoms with Gasteiger partial charge in [0, 0.05) is 6.04 Å². The SMILES string of the molecule is C[C@@H](O)[C@H]1C(=O)N2C(C(=O)O)=C(/C=C/[C@@H]3CCCN3)C[C@H]12. The number of rotatable bonds is 4. The molecule has 3 aliphatic rings. The number of nitrogens with one attached hydrogen (secondary N) is 1. The molecule has 0 radical (unpaired) electrons. The lowest BCUT2D eigenvalue weighted by atomic mass is 9.83. The van der Waals surface area contributed by atoms with Gasteiger partial charge in [-0.25, -0.2) is 4.79 Å². The van der Waals surface area contributed by atoms with Crippen molar-refractivity contribution in [1.82, 2.24) is 10.2 Å². The van der Waals surface area contributed by atoms with E-state index in [-0.39, 0.29) is 23.7 Å². The molecule has 1 amide bonds. The molecule has 0 aromatic heterocycles. The third kappa shape index (κ3) is 2.28. The van der Waals surface area contributed by atoms with Crippen LogP contribution in [0.5, 0.6) is 0 Å². The number of aliphatic hydroxyl groups is 1. The minimum absolute atomic E-state index is 0.0798. The second-order valence-electron chi connectivity index (χ2n) is 5.99. The number of nitrogens with zero attached hydrogens (tertiary/aromatic N) is 1. The fourth-order valence-corrected chi connectivity index (χ4v) is 3.56. The van der Waals surface area contributed by atoms with E-state index in [1.807, 2.05) is 12.2 Å². The molecule has 3 rings (SSSR count). The molecule has 3 heterocycles. The van der Waals surface area contributed by atoms with Crippen LogP contribution in [-0.2, 0) is 9.59 Å². The van der Waals surface area contributed by atoms with Gasteiger partial charge in [-0.2, -0.15) is 0 Å². The van der Waals surface area contributed by atoms with Crippen LogP contribution in [-0.4, -0.2) is 51.7 Å². The predicted octanol–water partition coefficient (Wildman–Crippen LogP) is 0.245. The van der Waals surface area contributed by atoms with Crippen LogP contribution < -0.4 is 5.32 Å². The number of fused-ring (bicyclic) bond motifs is 1. The Hall–Kier alpha value is -1.66. The summed E-state index contributed by atoms with van der Waals surface area (Å²) in [7, 11) is 0. The van der Waals surface area contributed by atoms with Gasteiger partial charge in [-0.05, 0) is 38.3 Å². The molecule has 6 nitrogen and oxygen atoms in total. The van der Waals surface area contributed by atoms with Crippen LogP contribution in [0.15, 0.2) is 23.4 Å². The smallest absolute Gasteiger partial charge is 0.352 e. The molecule has 0 spiro atoms. The molecule has 0 aromatic carbocycles. The van der Waals surface area contributed by atoms with E-state index in [4.69, 9.17) is 0 Å². The van der Waals surface area contributed by atoms with Gasteiger partial charge in [0.1, 0.15) is 5.70 Å². The predicted molar refractivity (Wildman–Crippen MR) is 75.2 cm³/mol. The Kier molecular flexibility index (Phi) is 3.59. The Bertz CT molecular complexity index is 532. The van der Waals surface area contributed by atoms with Crippen molar-refractivity contribution in [2.45, 2.75) is 44.4 Å². The number of hydrogen-bond acceptors (Lipinski definition) is 4. The summed E-state index contributed by atoms with van der Waals surface area (Å²) < 4.78 is 0. The van der Waals surface area contributed by atoms with Gasteiger partial charge < -0.3 is 20.4 Å². The van der Waals surface area contributed by atoms with Crippen molar-refractivity contribution in [3.8, 4) is 0 Å². The van der Waals surface area contributed by atoms with Crippen LogP contribution in [0.1, 0.15) is 26.2 Å². The van der Waals surface area contributed by atoms with E-state index in [1.165, 1.54) is 4.90 Å². The first-order valence-electron chi connectivity index (χ1n) is 7.40. The Morgan fingerprint density at radius 3 is 2.86 bits per heavy atom. The summed E-state index contributed by atoms with van der Waals surface area (Å²) in [4.78, 5) is 24.8. The number of hydrogen-bond donors (Lipinski definition) is 3. The van der Waals surface area contributed by atoms with E-state index in [0.717, 1.165) is 19.4 Å². The standard InChI is InChI=1S/C15H20N2O4/c1-8(18)12-11-7-9(4-5-10-3-2-6-16-10)13(15(20)21)17(11)14(12)19/h4-5,8,10-12,16,18H,2-3,6-7H2,1H3,(H,20,21)/b5-4+/t8-,10+,11-,12-/m1/s1. The van der Waals surface area contributed by atoms with Crippen LogP contribution in [0.2, 0.25) is 0 Å². The number of carbonyl (C=O) groups excluding carboxylic acids is 1. The Morgan fingerprint density at radius 1 is 1.52 bits per heavy atom. The molecule has 2 saturated heterocycles. The molecule has 114 valence electrons. The average molecular weight is 292 g/mol. The molecule has 3 N–H and O–H groups in total. The molecule has 4 atom stereocenters. The number of carbonyl (C=O) groups is 2. The summed E-state index contributed by atoms with van der Waals surface area (Å²) >= 11 is 0. The third-order valence-electron chi connectivity index (χ3n) is 4.59. The average Bonchev–Trinajstić information content (AvgIpc) is 3.01. The first-order chi connectivity index (χ1) is 10.0. The van der Waals surface area contributed by atoms with Crippen molar-refractivity contribution in [3.63, 3.8) is 0 Å². The second kappa shape index (κ2) is 5.27. The zero-order valence-electron chi connectivity index (χ0n) is 12.0. The van der Waals surface area contributed by atoms with Crippen LogP contribution in [0, 0.1) is 5.92 Å². The number of amides is 1. The molecular formula is C15H20N2O4. The molecule has 0 saturated carbocycles. The second-order valence-corrected chi connectivity index (χ2v) is 5.99. The minimum Gasteiger partial charge on any atom is -0.477 e. The van der Waals surface area contributed by atoms with E-state index in [2.05, 4.69) is 5.32 Å². The number of aliphatic hydroxyl groups excluding tert-OH is 1. The lowest BCUT2D eigenvalue weighted by molar-refractivity contribution is -0.161. The molecular weight excluding hydrogens is 272 g/mol. The van der Waals surface area contributed by atoms with E-state index in [9.17, 15) is 19.8 Å². The normalized spacial score (nSPS) is 33.5. The molecule has 0 bridgehead atoms. The molecule has 3 aliphatic heterocycles. The number of aliphatic carboxylic acids is 1. The first kappa shape index (κ1) is 14.3. The molecule has 21 heavy (non-hydrogen) atoms. The molecule has 2 fully saturated rings. The minimum atomic E-state index is -1.08. The highest BCUT2D eigenvalue weighted by molar-refractivity contribution is 6.00. The summed E-state index contributed by atoms with van der Waals surface area (Å²) in [6.45, 7) is 2.56. The maximum atomic E-state index is 12.0. The monoisotopic (exact) mass is 292 g/mol. The van der Waals surface area contributed by atoms with Crippen LogP contribution in [0.25, 0.3) is 0 Å². The highest BCUT2D eigenvalue weighted by Gasteiger charge is 2.56.